The van der Waals surface area contributed by atoms with E-state index in [4.69, 9.17) is 9.05 Å². The first-order valence-corrected chi connectivity index (χ1v) is 9.48. The van der Waals surface area contributed by atoms with Crippen LogP contribution in [-0.4, -0.2) is 19.0 Å². The zero-order chi connectivity index (χ0) is 16.8. The van der Waals surface area contributed by atoms with Crippen LogP contribution in [-0.2, 0) is 18.4 Å². The summed E-state index contributed by atoms with van der Waals surface area (Å²) in [5.41, 5.74) is 4.64. The molecular formula is C17H27O4P. The van der Waals surface area contributed by atoms with Crippen molar-refractivity contribution >= 4 is 13.4 Å². The maximum atomic E-state index is 12.5. The lowest BCUT2D eigenvalue weighted by Crippen LogP contribution is -2.28. The lowest BCUT2D eigenvalue weighted by Gasteiger charge is -2.28. The number of hydrogen-bond donors (Lipinski definition) is 0. The molecule has 0 bridgehead atoms. The Bertz CT molecular complexity index is 525. The zero-order valence-corrected chi connectivity index (χ0v) is 15.2. The molecule has 0 unspecified atom stereocenters. The second kappa shape index (κ2) is 8.67. The Morgan fingerprint density at radius 1 is 1.27 bits per heavy atom. The molecule has 1 saturated carbocycles. The normalized spacial score (nSPS) is 22.2. The van der Waals surface area contributed by atoms with E-state index >= 15 is 0 Å². The van der Waals surface area contributed by atoms with Crippen LogP contribution >= 0.6 is 7.60 Å². The number of Topliss-reactive ketones (excluding diaryl/α,β-unsaturated/α-hetero) is 1. The first-order chi connectivity index (χ1) is 10.3. The molecule has 124 valence electrons. The van der Waals surface area contributed by atoms with Gasteiger partial charge >= 0.3 is 7.60 Å². The smallest absolute Gasteiger partial charge is 0.300 e. The molecule has 5 heteroatoms. The second-order valence-electron chi connectivity index (χ2n) is 5.79. The van der Waals surface area contributed by atoms with E-state index < -0.39 is 7.60 Å². The minimum atomic E-state index is -3.35. The van der Waals surface area contributed by atoms with Gasteiger partial charge in [-0.25, -0.2) is 4.57 Å². The van der Waals surface area contributed by atoms with E-state index in [9.17, 15) is 9.36 Å². The van der Waals surface area contributed by atoms with Crippen molar-refractivity contribution in [2.24, 2.45) is 11.8 Å². The van der Waals surface area contributed by atoms with Crippen LogP contribution in [0.5, 0.6) is 0 Å². The van der Waals surface area contributed by atoms with Crippen molar-refractivity contribution in [2.75, 3.05) is 13.2 Å². The molecule has 0 heterocycles. The molecular weight excluding hydrogens is 299 g/mol. The first kappa shape index (κ1) is 19.2. The summed E-state index contributed by atoms with van der Waals surface area (Å²) < 4.78 is 22.6. The Kier molecular flexibility index (Phi) is 7.56. The van der Waals surface area contributed by atoms with E-state index in [1.54, 1.807) is 13.8 Å². The minimum Gasteiger partial charge on any atom is -0.300 e. The van der Waals surface area contributed by atoms with Gasteiger partial charge in [-0.15, -0.1) is 0 Å². The summed E-state index contributed by atoms with van der Waals surface area (Å²) >= 11 is 0. The molecule has 0 aromatic rings. The fraction of sp³-hybridized carbons (Fsp3) is 0.706. The molecule has 0 N–H and O–H groups in total. The summed E-state index contributed by atoms with van der Waals surface area (Å²) in [6.07, 6.45) is 2.25. The lowest BCUT2D eigenvalue weighted by atomic mass is 9.74. The van der Waals surface area contributed by atoms with Crippen LogP contribution in [0.2, 0.25) is 0 Å². The Hall–Kier alpha value is -0.880. The molecule has 0 radical (unpaired) electrons. The molecule has 1 fully saturated rings. The van der Waals surface area contributed by atoms with E-state index in [0.29, 0.717) is 12.3 Å². The van der Waals surface area contributed by atoms with Gasteiger partial charge in [-0.1, -0.05) is 18.4 Å². The van der Waals surface area contributed by atoms with Gasteiger partial charge in [0.25, 0.3) is 0 Å². The number of ketones is 1. The van der Waals surface area contributed by atoms with E-state index in [0.717, 1.165) is 24.0 Å². The van der Waals surface area contributed by atoms with Crippen molar-refractivity contribution in [3.05, 3.63) is 11.1 Å². The van der Waals surface area contributed by atoms with Crippen molar-refractivity contribution in [1.82, 2.24) is 0 Å². The highest BCUT2D eigenvalue weighted by atomic mass is 31.2. The molecule has 4 nitrogen and oxygen atoms in total. The third kappa shape index (κ3) is 5.09. The highest BCUT2D eigenvalue weighted by Gasteiger charge is 2.32. The van der Waals surface area contributed by atoms with Crippen LogP contribution < -0.4 is 0 Å². The highest BCUT2D eigenvalue weighted by molar-refractivity contribution is 7.59. The SMILES string of the molecule is CCOP(=O)(C#CC[C@@H]1C(=O)C(=C(C)C)CC[C@H]1C)OCC. The van der Waals surface area contributed by atoms with E-state index in [2.05, 4.69) is 18.5 Å². The zero-order valence-electron chi connectivity index (χ0n) is 14.3. The summed E-state index contributed by atoms with van der Waals surface area (Å²) in [4.78, 5) is 12.5. The van der Waals surface area contributed by atoms with Crippen LogP contribution in [0.3, 0.4) is 0 Å². The summed E-state index contributed by atoms with van der Waals surface area (Å²) in [5.74, 6) is 3.24. The number of carbonyl (C=O) groups excluding carboxylic acids is 1. The third-order valence-corrected chi connectivity index (χ3v) is 5.54. The predicted molar refractivity (Wildman–Crippen MR) is 88.5 cm³/mol. The molecule has 22 heavy (non-hydrogen) atoms. The quantitative estimate of drug-likeness (QED) is 0.422. The van der Waals surface area contributed by atoms with Crippen molar-refractivity contribution in [2.45, 2.75) is 53.9 Å². The minimum absolute atomic E-state index is 0.122. The van der Waals surface area contributed by atoms with Crippen molar-refractivity contribution < 1.29 is 18.4 Å². The third-order valence-electron chi connectivity index (χ3n) is 3.91. The number of carbonyl (C=O) groups is 1. The lowest BCUT2D eigenvalue weighted by molar-refractivity contribution is -0.122. The van der Waals surface area contributed by atoms with Gasteiger partial charge in [-0.05, 0) is 52.0 Å². The van der Waals surface area contributed by atoms with Crippen molar-refractivity contribution in [3.8, 4) is 11.6 Å². The molecule has 0 saturated heterocycles. The van der Waals surface area contributed by atoms with Gasteiger partial charge in [-0.2, -0.15) is 0 Å². The average Bonchev–Trinajstić information content (AvgIpc) is 2.42. The van der Waals surface area contributed by atoms with Gasteiger partial charge < -0.3 is 0 Å². The molecule has 0 amide bonds. The topological polar surface area (TPSA) is 52.6 Å². The van der Waals surface area contributed by atoms with Gasteiger partial charge in [0.05, 0.1) is 13.2 Å². The van der Waals surface area contributed by atoms with Crippen LogP contribution in [0.1, 0.15) is 53.9 Å². The Labute approximate surface area is 134 Å². The van der Waals surface area contributed by atoms with Crippen LogP contribution in [0.4, 0.5) is 0 Å². The fourth-order valence-electron chi connectivity index (χ4n) is 2.66. The van der Waals surface area contributed by atoms with Crippen LogP contribution in [0, 0.1) is 23.4 Å². The van der Waals surface area contributed by atoms with Gasteiger partial charge in [-0.3, -0.25) is 13.8 Å². The molecule has 0 aromatic carbocycles. The monoisotopic (exact) mass is 326 g/mol. The molecule has 0 aromatic heterocycles. The number of allylic oxidation sites excluding steroid dienone is 2. The van der Waals surface area contributed by atoms with Gasteiger partial charge in [0.15, 0.2) is 5.78 Å². The van der Waals surface area contributed by atoms with Crippen molar-refractivity contribution in [1.29, 1.82) is 0 Å². The largest absolute Gasteiger partial charge is 0.405 e. The standard InChI is InChI=1S/C17H27O4P/c1-6-20-22(19,21-7-2)12-8-9-16-14(5)10-11-15(13(3)4)17(16)18/h14,16H,6-7,9-11H2,1-5H3/t14-,16+/m1/s1. The fourth-order valence-corrected chi connectivity index (χ4v) is 3.83. The molecule has 1 rings (SSSR count). The summed E-state index contributed by atoms with van der Waals surface area (Å²) in [7, 11) is -3.35. The van der Waals surface area contributed by atoms with Crippen LogP contribution in [0.15, 0.2) is 11.1 Å². The van der Waals surface area contributed by atoms with Gasteiger partial charge in [0, 0.05) is 18.0 Å². The summed E-state index contributed by atoms with van der Waals surface area (Å²) in [6.45, 7) is 10.1. The molecule has 2 atom stereocenters. The highest BCUT2D eigenvalue weighted by Crippen LogP contribution is 2.46. The second-order valence-corrected chi connectivity index (χ2v) is 7.53. The molecule has 0 aliphatic heterocycles. The Morgan fingerprint density at radius 3 is 2.36 bits per heavy atom. The Morgan fingerprint density at radius 2 is 1.86 bits per heavy atom. The van der Waals surface area contributed by atoms with E-state index in [1.807, 2.05) is 13.8 Å². The maximum Gasteiger partial charge on any atom is 0.405 e. The molecule has 1 aliphatic rings. The average molecular weight is 326 g/mol. The molecule has 1 aliphatic carbocycles. The Balaban J connectivity index is 2.85. The maximum absolute atomic E-state index is 12.5. The van der Waals surface area contributed by atoms with E-state index in [-0.39, 0.29) is 24.9 Å². The predicted octanol–water partition coefficient (Wildman–Crippen LogP) is 4.56. The summed E-state index contributed by atoms with van der Waals surface area (Å²) in [6, 6.07) is 0. The van der Waals surface area contributed by atoms with Crippen molar-refractivity contribution in [3.63, 3.8) is 0 Å². The van der Waals surface area contributed by atoms with Gasteiger partial charge in [0.2, 0.25) is 0 Å². The van der Waals surface area contributed by atoms with Gasteiger partial charge in [0.1, 0.15) is 0 Å². The van der Waals surface area contributed by atoms with E-state index in [1.165, 1.54) is 0 Å². The summed E-state index contributed by atoms with van der Waals surface area (Å²) in [5, 5.41) is 0. The number of rotatable bonds is 5. The first-order valence-electron chi connectivity index (χ1n) is 7.94. The number of hydrogen-bond acceptors (Lipinski definition) is 4. The van der Waals surface area contributed by atoms with Crippen LogP contribution in [0.25, 0.3) is 0 Å². The molecule has 0 spiro atoms.